The first kappa shape index (κ1) is 27.8. The van der Waals surface area contributed by atoms with Gasteiger partial charge in [-0.3, -0.25) is 0 Å². The summed E-state index contributed by atoms with van der Waals surface area (Å²) in [6, 6.07) is 3.91. The van der Waals surface area contributed by atoms with E-state index in [0.717, 1.165) is 12.3 Å². The van der Waals surface area contributed by atoms with E-state index in [-0.39, 0.29) is 23.5 Å². The topological polar surface area (TPSA) is 213 Å². The molecule has 1 aliphatic carbocycles. The molecule has 9 atom stereocenters. The van der Waals surface area contributed by atoms with E-state index in [1.807, 2.05) is 0 Å². The van der Waals surface area contributed by atoms with Crippen molar-refractivity contribution in [2.75, 3.05) is 6.61 Å². The van der Waals surface area contributed by atoms with Crippen LogP contribution < -0.4 is 0 Å². The number of aromatic hydroxyl groups is 2. The number of rotatable bonds is 7. The maximum Gasteiger partial charge on any atom is 0.334 e. The molecule has 7 N–H and O–H groups in total. The maximum absolute atomic E-state index is 12.1. The zero-order valence-electron chi connectivity index (χ0n) is 20.3. The fourth-order valence-electron chi connectivity index (χ4n) is 5.02. The Morgan fingerprint density at radius 1 is 1.11 bits per heavy atom. The second-order valence-corrected chi connectivity index (χ2v) is 9.77. The van der Waals surface area contributed by atoms with Crippen LogP contribution in [0.3, 0.4) is 0 Å². The minimum Gasteiger partial charge on any atom is -0.504 e. The Morgan fingerprint density at radius 3 is 2.53 bits per heavy atom. The Morgan fingerprint density at radius 2 is 1.84 bits per heavy atom. The van der Waals surface area contributed by atoms with Gasteiger partial charge in [0.2, 0.25) is 6.29 Å². The quantitative estimate of drug-likeness (QED) is 0.134. The number of carbonyl (C=O) groups excluding carboxylic acids is 1. The van der Waals surface area contributed by atoms with Gasteiger partial charge in [-0.25, -0.2) is 9.59 Å². The highest BCUT2D eigenvalue weighted by molar-refractivity contribution is 5.87. The molecule has 0 aromatic heterocycles. The van der Waals surface area contributed by atoms with Gasteiger partial charge in [-0.1, -0.05) is 6.07 Å². The van der Waals surface area contributed by atoms with Gasteiger partial charge in [-0.15, -0.1) is 0 Å². The van der Waals surface area contributed by atoms with Gasteiger partial charge in [0.15, 0.2) is 17.8 Å². The third-order valence-corrected chi connectivity index (χ3v) is 7.12. The summed E-state index contributed by atoms with van der Waals surface area (Å²) in [6.07, 6.45) is -5.26. The normalized spacial score (nSPS) is 36.8. The largest absolute Gasteiger partial charge is 0.504 e. The number of aliphatic hydroxyl groups is 4. The molecule has 3 aliphatic rings. The van der Waals surface area contributed by atoms with E-state index < -0.39 is 73.0 Å². The van der Waals surface area contributed by atoms with E-state index in [4.69, 9.17) is 18.9 Å². The van der Waals surface area contributed by atoms with Crippen molar-refractivity contribution in [2.24, 2.45) is 11.8 Å². The van der Waals surface area contributed by atoms with Crippen LogP contribution in [0.4, 0.5) is 0 Å². The molecule has 2 aliphatic heterocycles. The van der Waals surface area contributed by atoms with Gasteiger partial charge in [0.25, 0.3) is 0 Å². The number of aliphatic hydroxyl groups excluding tert-OH is 3. The van der Waals surface area contributed by atoms with Crippen LogP contribution in [-0.2, 0) is 28.5 Å². The molecule has 13 heteroatoms. The maximum atomic E-state index is 12.1. The summed E-state index contributed by atoms with van der Waals surface area (Å²) >= 11 is 0. The number of fused-ring (bicyclic) bond motifs is 1. The van der Waals surface area contributed by atoms with Crippen LogP contribution in [-0.4, -0.2) is 96.9 Å². The lowest BCUT2D eigenvalue weighted by Crippen LogP contribution is -2.61. The molecule has 1 aromatic rings. The van der Waals surface area contributed by atoms with Crippen molar-refractivity contribution in [2.45, 2.75) is 62.4 Å². The van der Waals surface area contributed by atoms with Crippen molar-refractivity contribution >= 4 is 18.0 Å². The summed E-state index contributed by atoms with van der Waals surface area (Å²) in [5, 5.41) is 70.3. The molecule has 0 radical (unpaired) electrons. The van der Waals surface area contributed by atoms with Crippen molar-refractivity contribution in [1.82, 2.24) is 0 Å². The predicted octanol–water partition coefficient (Wildman–Crippen LogP) is -0.420. The van der Waals surface area contributed by atoms with E-state index >= 15 is 0 Å². The van der Waals surface area contributed by atoms with Gasteiger partial charge in [0.1, 0.15) is 31.0 Å². The standard InChI is InChI=1S/C25H30O13/c1-25(34)7-6-12-13(22(32)33)9-36-23(18(12)25)38-24-21(31)20(30)19(29)16(37-24)10-35-17(28)5-3-11-2-4-14(26)15(27)8-11/h2-5,8-9,12,16,18-21,23-24,26-27,29-31,34H,6-7,10H2,1H3,(H,32,33)/b5-3+/t12-,16-,18-,19-,20+,21-,23+,24+,25+/m0/s1. The first-order chi connectivity index (χ1) is 17.9. The average molecular weight is 539 g/mol. The zero-order valence-corrected chi connectivity index (χ0v) is 20.3. The molecule has 0 unspecified atom stereocenters. The van der Waals surface area contributed by atoms with Crippen molar-refractivity contribution in [3.63, 3.8) is 0 Å². The Kier molecular flexibility index (Phi) is 7.97. The second kappa shape index (κ2) is 10.9. The van der Waals surface area contributed by atoms with Gasteiger partial charge >= 0.3 is 11.9 Å². The minimum absolute atomic E-state index is 0.0199. The number of phenolic OH excluding ortho intramolecular Hbond substituents is 2. The number of hydrogen-bond donors (Lipinski definition) is 7. The van der Waals surface area contributed by atoms with Crippen LogP contribution in [0.2, 0.25) is 0 Å². The monoisotopic (exact) mass is 538 g/mol. The van der Waals surface area contributed by atoms with Crippen LogP contribution >= 0.6 is 0 Å². The average Bonchev–Trinajstić information content (AvgIpc) is 3.19. The number of esters is 1. The number of phenols is 2. The molecular weight excluding hydrogens is 508 g/mol. The lowest BCUT2D eigenvalue weighted by atomic mass is 9.81. The van der Waals surface area contributed by atoms with Crippen molar-refractivity contribution in [1.29, 1.82) is 0 Å². The Balaban J connectivity index is 1.41. The molecular formula is C25H30O13. The van der Waals surface area contributed by atoms with Gasteiger partial charge < -0.3 is 54.7 Å². The van der Waals surface area contributed by atoms with E-state index in [2.05, 4.69) is 0 Å². The third-order valence-electron chi connectivity index (χ3n) is 7.12. The Hall–Kier alpha value is -3.20. The highest BCUT2D eigenvalue weighted by Gasteiger charge is 2.56. The van der Waals surface area contributed by atoms with Crippen molar-refractivity contribution in [3.05, 3.63) is 41.7 Å². The van der Waals surface area contributed by atoms with Crippen LogP contribution in [0, 0.1) is 11.8 Å². The van der Waals surface area contributed by atoms with Crippen LogP contribution in [0.5, 0.6) is 11.5 Å². The van der Waals surface area contributed by atoms with Crippen LogP contribution in [0.15, 0.2) is 36.1 Å². The molecule has 2 heterocycles. The number of ether oxygens (including phenoxy) is 4. The number of benzene rings is 1. The van der Waals surface area contributed by atoms with Gasteiger partial charge in [0, 0.05) is 12.0 Å². The number of carboxylic acids is 1. The fourth-order valence-corrected chi connectivity index (χ4v) is 5.02. The molecule has 1 aromatic carbocycles. The SMILES string of the molecule is C[C@@]1(O)CC[C@H]2C(C(=O)O)=CO[C@H](O[C@H]3O[C@@H](COC(=O)/C=C/c4ccc(O)c(O)c4)[C@H](O)[C@@H](O)[C@@H]3O)[C@H]21. The van der Waals surface area contributed by atoms with Gasteiger partial charge in [-0.2, -0.15) is 0 Å². The molecule has 0 amide bonds. The predicted molar refractivity (Wildman–Crippen MR) is 125 cm³/mol. The molecule has 0 spiro atoms. The summed E-state index contributed by atoms with van der Waals surface area (Å²) in [4.78, 5) is 23.7. The molecule has 1 saturated heterocycles. The number of aliphatic carboxylic acids is 1. The summed E-state index contributed by atoms with van der Waals surface area (Å²) in [6.45, 7) is 0.987. The first-order valence-corrected chi connectivity index (χ1v) is 11.9. The smallest absolute Gasteiger partial charge is 0.334 e. The van der Waals surface area contributed by atoms with Crippen LogP contribution in [0.1, 0.15) is 25.3 Å². The number of hydrogen-bond acceptors (Lipinski definition) is 12. The van der Waals surface area contributed by atoms with Gasteiger partial charge in [-0.05, 0) is 43.5 Å². The third kappa shape index (κ3) is 5.62. The summed E-state index contributed by atoms with van der Waals surface area (Å²) in [7, 11) is 0. The fraction of sp³-hybridized carbons (Fsp3) is 0.520. The summed E-state index contributed by atoms with van der Waals surface area (Å²) in [5.74, 6) is -4.15. The summed E-state index contributed by atoms with van der Waals surface area (Å²) < 4.78 is 21.8. The second-order valence-electron chi connectivity index (χ2n) is 9.77. The molecule has 0 bridgehead atoms. The number of carbonyl (C=O) groups is 2. The molecule has 38 heavy (non-hydrogen) atoms. The van der Waals surface area contributed by atoms with Crippen molar-refractivity contribution in [3.8, 4) is 11.5 Å². The zero-order chi connectivity index (χ0) is 27.8. The van der Waals surface area contributed by atoms with E-state index in [9.17, 15) is 45.3 Å². The van der Waals surface area contributed by atoms with E-state index in [1.165, 1.54) is 31.2 Å². The highest BCUT2D eigenvalue weighted by Crippen LogP contribution is 2.49. The van der Waals surface area contributed by atoms with E-state index in [1.54, 1.807) is 0 Å². The highest BCUT2D eigenvalue weighted by atomic mass is 16.8. The number of carboxylic acid groups (broad SMARTS) is 1. The molecule has 1 saturated carbocycles. The minimum atomic E-state index is -1.75. The molecule has 208 valence electrons. The van der Waals surface area contributed by atoms with Crippen LogP contribution in [0.25, 0.3) is 6.08 Å². The molecule has 4 rings (SSSR count). The first-order valence-electron chi connectivity index (χ1n) is 11.9. The van der Waals surface area contributed by atoms with E-state index in [0.29, 0.717) is 12.0 Å². The summed E-state index contributed by atoms with van der Waals surface area (Å²) in [5.41, 5.74) is -0.974. The lowest BCUT2D eigenvalue weighted by molar-refractivity contribution is -0.346. The lowest BCUT2D eigenvalue weighted by Gasteiger charge is -2.44. The Bertz CT molecular complexity index is 1110. The van der Waals surface area contributed by atoms with Gasteiger partial charge in [0.05, 0.1) is 23.4 Å². The van der Waals surface area contributed by atoms with Crippen molar-refractivity contribution < 1.29 is 64.3 Å². The Labute approximate surface area is 216 Å². The molecule has 2 fully saturated rings. The molecule has 13 nitrogen and oxygen atoms in total.